The van der Waals surface area contributed by atoms with Gasteiger partial charge in [0.05, 0.1) is 6.10 Å². The fourth-order valence-corrected chi connectivity index (χ4v) is 2.29. The molecule has 17 heavy (non-hydrogen) atoms. The first kappa shape index (κ1) is 14.6. The van der Waals surface area contributed by atoms with Crippen LogP contribution in [0, 0.1) is 0 Å². The zero-order valence-corrected chi connectivity index (χ0v) is 11.8. The van der Waals surface area contributed by atoms with E-state index in [9.17, 15) is 0 Å². The number of benzene rings is 1. The van der Waals surface area contributed by atoms with Crippen molar-refractivity contribution in [1.82, 2.24) is 5.32 Å². The molecule has 0 amide bonds. The maximum absolute atomic E-state index is 5.23. The fourth-order valence-electron chi connectivity index (χ4n) is 1.39. The van der Waals surface area contributed by atoms with Gasteiger partial charge in [-0.05, 0) is 37.6 Å². The number of rotatable bonds is 8. The van der Waals surface area contributed by atoms with Gasteiger partial charge < -0.3 is 10.1 Å². The molecule has 0 aliphatic heterocycles. The Hall–Kier alpha value is -0.510. The molecule has 0 aliphatic carbocycles. The van der Waals surface area contributed by atoms with Crippen LogP contribution in [0.25, 0.3) is 0 Å². The van der Waals surface area contributed by atoms with Crippen LogP contribution >= 0.6 is 11.8 Å². The van der Waals surface area contributed by atoms with Crippen LogP contribution in [0.5, 0.6) is 0 Å². The zero-order chi connectivity index (χ0) is 12.5. The van der Waals surface area contributed by atoms with Crippen molar-refractivity contribution in [3.63, 3.8) is 0 Å². The summed E-state index contributed by atoms with van der Waals surface area (Å²) in [6, 6.07) is 8.77. The average molecular weight is 253 g/mol. The highest BCUT2D eigenvalue weighted by molar-refractivity contribution is 7.99. The first-order chi connectivity index (χ1) is 8.26. The van der Waals surface area contributed by atoms with Gasteiger partial charge in [-0.1, -0.05) is 19.1 Å². The summed E-state index contributed by atoms with van der Waals surface area (Å²) in [5.74, 6) is 1.00. The molecular weight excluding hydrogens is 230 g/mol. The van der Waals surface area contributed by atoms with Gasteiger partial charge in [-0.2, -0.15) is 0 Å². The van der Waals surface area contributed by atoms with E-state index in [2.05, 4.69) is 43.4 Å². The van der Waals surface area contributed by atoms with E-state index in [1.807, 2.05) is 11.8 Å². The SMILES string of the molecule is CCCNCc1ccc(SCC(C)OC)cc1. The van der Waals surface area contributed by atoms with Crippen molar-refractivity contribution in [3.8, 4) is 0 Å². The summed E-state index contributed by atoms with van der Waals surface area (Å²) < 4.78 is 5.23. The predicted octanol–water partition coefficient (Wildman–Crippen LogP) is 3.31. The minimum absolute atomic E-state index is 0.311. The Labute approximate surface area is 109 Å². The molecule has 0 bridgehead atoms. The second-order valence-corrected chi connectivity index (χ2v) is 5.27. The molecule has 0 aromatic heterocycles. The number of methoxy groups -OCH3 is 1. The van der Waals surface area contributed by atoms with Crippen molar-refractivity contribution in [2.75, 3.05) is 19.4 Å². The fraction of sp³-hybridized carbons (Fsp3) is 0.571. The van der Waals surface area contributed by atoms with Crippen LogP contribution in [0.15, 0.2) is 29.2 Å². The molecule has 0 spiro atoms. The summed E-state index contributed by atoms with van der Waals surface area (Å²) in [7, 11) is 1.76. The summed E-state index contributed by atoms with van der Waals surface area (Å²) in [5.41, 5.74) is 1.35. The van der Waals surface area contributed by atoms with E-state index in [-0.39, 0.29) is 0 Å². The van der Waals surface area contributed by atoms with Crippen LogP contribution in [-0.2, 0) is 11.3 Å². The van der Waals surface area contributed by atoms with E-state index in [0.29, 0.717) is 6.10 Å². The lowest BCUT2D eigenvalue weighted by atomic mass is 10.2. The van der Waals surface area contributed by atoms with Gasteiger partial charge >= 0.3 is 0 Å². The Balaban J connectivity index is 2.34. The van der Waals surface area contributed by atoms with Crippen LogP contribution in [0.3, 0.4) is 0 Å². The molecule has 0 radical (unpaired) electrons. The largest absolute Gasteiger partial charge is 0.381 e. The number of hydrogen-bond acceptors (Lipinski definition) is 3. The highest BCUT2D eigenvalue weighted by atomic mass is 32.2. The first-order valence-electron chi connectivity index (χ1n) is 6.21. The van der Waals surface area contributed by atoms with Crippen LogP contribution < -0.4 is 5.32 Å². The average Bonchev–Trinajstić information content (AvgIpc) is 2.37. The smallest absolute Gasteiger partial charge is 0.0637 e. The van der Waals surface area contributed by atoms with Crippen molar-refractivity contribution in [2.24, 2.45) is 0 Å². The maximum atomic E-state index is 5.23. The van der Waals surface area contributed by atoms with E-state index >= 15 is 0 Å². The van der Waals surface area contributed by atoms with Gasteiger partial charge in [0, 0.05) is 24.3 Å². The lowest BCUT2D eigenvalue weighted by Crippen LogP contribution is -2.13. The Kier molecular flexibility index (Phi) is 7.33. The Bertz CT molecular complexity index is 300. The highest BCUT2D eigenvalue weighted by Crippen LogP contribution is 2.19. The summed E-state index contributed by atoms with van der Waals surface area (Å²) in [4.78, 5) is 1.31. The van der Waals surface area contributed by atoms with Gasteiger partial charge in [-0.3, -0.25) is 0 Å². The van der Waals surface area contributed by atoms with Crippen molar-refractivity contribution in [3.05, 3.63) is 29.8 Å². The predicted molar refractivity (Wildman–Crippen MR) is 75.6 cm³/mol. The molecule has 0 saturated carbocycles. The number of nitrogens with one attached hydrogen (secondary N) is 1. The molecule has 2 nitrogen and oxygen atoms in total. The third kappa shape index (κ3) is 6.10. The topological polar surface area (TPSA) is 21.3 Å². The Morgan fingerprint density at radius 2 is 2.00 bits per heavy atom. The Morgan fingerprint density at radius 1 is 1.29 bits per heavy atom. The highest BCUT2D eigenvalue weighted by Gasteiger charge is 2.01. The van der Waals surface area contributed by atoms with Gasteiger partial charge in [-0.15, -0.1) is 11.8 Å². The van der Waals surface area contributed by atoms with Gasteiger partial charge in [0.2, 0.25) is 0 Å². The monoisotopic (exact) mass is 253 g/mol. The molecule has 96 valence electrons. The van der Waals surface area contributed by atoms with Crippen LogP contribution in [0.4, 0.5) is 0 Å². The Morgan fingerprint density at radius 3 is 2.59 bits per heavy atom. The second-order valence-electron chi connectivity index (χ2n) is 4.18. The molecule has 1 aromatic carbocycles. The van der Waals surface area contributed by atoms with Gasteiger partial charge in [0.15, 0.2) is 0 Å². The normalized spacial score (nSPS) is 12.6. The number of thioether (sulfide) groups is 1. The van der Waals surface area contributed by atoms with Gasteiger partial charge in [0.1, 0.15) is 0 Å². The van der Waals surface area contributed by atoms with Gasteiger partial charge in [-0.25, -0.2) is 0 Å². The second kappa shape index (κ2) is 8.56. The molecule has 1 unspecified atom stereocenters. The third-order valence-corrected chi connectivity index (χ3v) is 3.81. The minimum atomic E-state index is 0.311. The lowest BCUT2D eigenvalue weighted by Gasteiger charge is -2.09. The molecule has 1 aromatic rings. The molecule has 0 fully saturated rings. The molecule has 1 rings (SSSR count). The van der Waals surface area contributed by atoms with E-state index in [1.54, 1.807) is 7.11 Å². The molecule has 3 heteroatoms. The van der Waals surface area contributed by atoms with Crippen LogP contribution in [0.2, 0.25) is 0 Å². The minimum Gasteiger partial charge on any atom is -0.381 e. The molecule has 0 saturated heterocycles. The van der Waals surface area contributed by atoms with Crippen LogP contribution in [-0.4, -0.2) is 25.5 Å². The van der Waals surface area contributed by atoms with Gasteiger partial charge in [0.25, 0.3) is 0 Å². The quantitative estimate of drug-likeness (QED) is 0.567. The maximum Gasteiger partial charge on any atom is 0.0637 e. The van der Waals surface area contributed by atoms with E-state index in [0.717, 1.165) is 18.8 Å². The lowest BCUT2D eigenvalue weighted by molar-refractivity contribution is 0.138. The zero-order valence-electron chi connectivity index (χ0n) is 11.0. The molecular formula is C14H23NOS. The molecule has 1 atom stereocenters. The molecule has 0 aliphatic rings. The summed E-state index contributed by atoms with van der Waals surface area (Å²) in [6.45, 7) is 6.33. The third-order valence-electron chi connectivity index (χ3n) is 2.57. The van der Waals surface area contributed by atoms with Crippen LogP contribution in [0.1, 0.15) is 25.8 Å². The summed E-state index contributed by atoms with van der Waals surface area (Å²) >= 11 is 1.84. The van der Waals surface area contributed by atoms with E-state index < -0.39 is 0 Å². The summed E-state index contributed by atoms with van der Waals surface area (Å²) in [5, 5.41) is 3.40. The summed E-state index contributed by atoms with van der Waals surface area (Å²) in [6.07, 6.45) is 1.49. The van der Waals surface area contributed by atoms with Crippen molar-refractivity contribution >= 4 is 11.8 Å². The van der Waals surface area contributed by atoms with E-state index in [1.165, 1.54) is 16.9 Å². The first-order valence-corrected chi connectivity index (χ1v) is 7.20. The van der Waals surface area contributed by atoms with E-state index in [4.69, 9.17) is 4.74 Å². The van der Waals surface area contributed by atoms with Crippen molar-refractivity contribution in [1.29, 1.82) is 0 Å². The van der Waals surface area contributed by atoms with Crippen molar-refractivity contribution in [2.45, 2.75) is 37.8 Å². The number of hydrogen-bond donors (Lipinski definition) is 1. The molecule has 1 N–H and O–H groups in total. The standard InChI is InChI=1S/C14H23NOS/c1-4-9-15-10-13-5-7-14(8-6-13)17-11-12(2)16-3/h5-8,12,15H,4,9-11H2,1-3H3. The molecule has 0 heterocycles. The number of ether oxygens (including phenoxy) is 1. The van der Waals surface area contributed by atoms with Crippen molar-refractivity contribution < 1.29 is 4.74 Å².